The van der Waals surface area contributed by atoms with Crippen molar-refractivity contribution < 1.29 is 9.90 Å². The second kappa shape index (κ2) is 7.58. The molecule has 4 aromatic rings. The summed E-state index contributed by atoms with van der Waals surface area (Å²) in [7, 11) is 0. The molecule has 0 aromatic carbocycles. The number of carboxylic acid groups (broad SMARTS) is 1. The third-order valence-corrected chi connectivity index (χ3v) is 6.18. The Hall–Kier alpha value is -3.95. The van der Waals surface area contributed by atoms with Crippen LogP contribution in [0.15, 0.2) is 35.3 Å². The lowest BCUT2D eigenvalue weighted by Crippen LogP contribution is -2.53. The zero-order valence-corrected chi connectivity index (χ0v) is 19.0. The van der Waals surface area contributed by atoms with E-state index in [0.717, 1.165) is 33.7 Å². The minimum Gasteiger partial charge on any atom is -0.465 e. The van der Waals surface area contributed by atoms with Crippen molar-refractivity contribution in [1.82, 2.24) is 28.9 Å². The van der Waals surface area contributed by atoms with Gasteiger partial charge in [0.05, 0.1) is 16.9 Å². The van der Waals surface area contributed by atoms with Crippen molar-refractivity contribution in [3.05, 3.63) is 57.9 Å². The molecule has 0 unspecified atom stereocenters. The summed E-state index contributed by atoms with van der Waals surface area (Å²) in [4.78, 5) is 36.9. The van der Waals surface area contributed by atoms with E-state index in [-0.39, 0.29) is 6.04 Å². The molecule has 1 aliphatic heterocycles. The Morgan fingerprint density at radius 3 is 2.61 bits per heavy atom. The van der Waals surface area contributed by atoms with E-state index in [1.807, 2.05) is 56.5 Å². The highest BCUT2D eigenvalue weighted by molar-refractivity contribution is 5.68. The molecule has 1 saturated heterocycles. The van der Waals surface area contributed by atoms with E-state index >= 15 is 0 Å². The Labute approximate surface area is 189 Å². The molecule has 0 spiro atoms. The normalized spacial score (nSPS) is 16.7. The third-order valence-electron chi connectivity index (χ3n) is 6.18. The van der Waals surface area contributed by atoms with Crippen LogP contribution in [0, 0.1) is 20.8 Å². The first-order chi connectivity index (χ1) is 15.7. The number of aryl methyl sites for hydroxylation is 3. The summed E-state index contributed by atoms with van der Waals surface area (Å²) in [5, 5.41) is 13.8. The van der Waals surface area contributed by atoms with Crippen LogP contribution in [0.4, 0.5) is 10.5 Å². The SMILES string of the molecule is Cc1cc2cc(-c3nc(=O)n4cc(N5CCN(C(=O)O)[C@@H](C)C5)cc(C)c4n3)cc(C)n2n1. The van der Waals surface area contributed by atoms with Crippen LogP contribution in [0.3, 0.4) is 0 Å². The molecule has 170 valence electrons. The Morgan fingerprint density at radius 2 is 1.88 bits per heavy atom. The predicted octanol–water partition coefficient (Wildman–Crippen LogP) is 2.52. The maximum Gasteiger partial charge on any atom is 0.407 e. The molecular formula is C23H25N7O3. The first-order valence-corrected chi connectivity index (χ1v) is 10.8. The maximum absolute atomic E-state index is 13.0. The molecule has 0 bridgehead atoms. The van der Waals surface area contributed by atoms with Gasteiger partial charge in [0.25, 0.3) is 0 Å². The highest BCUT2D eigenvalue weighted by atomic mass is 16.4. The largest absolute Gasteiger partial charge is 0.465 e. The van der Waals surface area contributed by atoms with E-state index in [9.17, 15) is 14.7 Å². The fourth-order valence-corrected chi connectivity index (χ4v) is 4.56. The molecule has 5 rings (SSSR count). The van der Waals surface area contributed by atoms with E-state index in [0.29, 0.717) is 31.1 Å². The second-order valence-electron chi connectivity index (χ2n) is 8.68. The van der Waals surface area contributed by atoms with Crippen molar-refractivity contribution in [3.63, 3.8) is 0 Å². The Morgan fingerprint density at radius 1 is 1.09 bits per heavy atom. The summed E-state index contributed by atoms with van der Waals surface area (Å²) >= 11 is 0. The number of anilines is 1. The van der Waals surface area contributed by atoms with Gasteiger partial charge in [0.2, 0.25) is 0 Å². The van der Waals surface area contributed by atoms with Crippen molar-refractivity contribution >= 4 is 22.9 Å². The summed E-state index contributed by atoms with van der Waals surface area (Å²) in [6, 6.07) is 7.69. The lowest BCUT2D eigenvalue weighted by molar-refractivity contribution is 0.122. The maximum atomic E-state index is 13.0. The van der Waals surface area contributed by atoms with Crippen LogP contribution in [0.25, 0.3) is 22.6 Å². The highest BCUT2D eigenvalue weighted by Crippen LogP contribution is 2.24. The summed E-state index contributed by atoms with van der Waals surface area (Å²) < 4.78 is 3.33. The third kappa shape index (κ3) is 3.57. The van der Waals surface area contributed by atoms with Crippen molar-refractivity contribution in [3.8, 4) is 11.4 Å². The summed E-state index contributed by atoms with van der Waals surface area (Å²) in [6.45, 7) is 9.22. The quantitative estimate of drug-likeness (QED) is 0.503. The fraction of sp³-hybridized carbons (Fsp3) is 0.348. The van der Waals surface area contributed by atoms with Crippen LogP contribution in [0.2, 0.25) is 0 Å². The summed E-state index contributed by atoms with van der Waals surface area (Å²) in [5.41, 5.74) is 5.38. The molecular weight excluding hydrogens is 422 g/mol. The number of pyridine rings is 2. The van der Waals surface area contributed by atoms with Gasteiger partial charge >= 0.3 is 11.8 Å². The molecule has 1 fully saturated rings. The lowest BCUT2D eigenvalue weighted by Gasteiger charge is -2.39. The van der Waals surface area contributed by atoms with Crippen molar-refractivity contribution in [2.24, 2.45) is 0 Å². The van der Waals surface area contributed by atoms with Crippen LogP contribution >= 0.6 is 0 Å². The number of carbonyl (C=O) groups is 1. The lowest BCUT2D eigenvalue weighted by atomic mass is 10.1. The fourth-order valence-electron chi connectivity index (χ4n) is 4.56. The molecule has 4 aromatic heterocycles. The van der Waals surface area contributed by atoms with Crippen LogP contribution in [-0.4, -0.2) is 65.8 Å². The number of amides is 1. The molecule has 33 heavy (non-hydrogen) atoms. The van der Waals surface area contributed by atoms with Gasteiger partial charge in [-0.05, 0) is 57.5 Å². The first kappa shape index (κ1) is 20.9. The molecule has 0 radical (unpaired) electrons. The minimum absolute atomic E-state index is 0.145. The standard InChI is InChI=1S/C23H25N7O3/c1-13-7-19(27-5-6-28(23(32)33)16(4)11-27)12-29-21(13)24-20(25-22(29)31)17-9-15(3)30-18(10-17)8-14(2)26-30/h7-10,12,16H,5-6,11H2,1-4H3,(H,32,33)/t16-/m0/s1. The molecule has 0 saturated carbocycles. The summed E-state index contributed by atoms with van der Waals surface area (Å²) in [6.07, 6.45) is 0.834. The highest BCUT2D eigenvalue weighted by Gasteiger charge is 2.27. The van der Waals surface area contributed by atoms with E-state index in [2.05, 4.69) is 15.0 Å². The number of hydrogen-bond acceptors (Lipinski definition) is 6. The van der Waals surface area contributed by atoms with Crippen molar-refractivity contribution in [2.75, 3.05) is 24.5 Å². The first-order valence-electron chi connectivity index (χ1n) is 10.8. The zero-order valence-electron chi connectivity index (χ0n) is 19.0. The zero-order chi connectivity index (χ0) is 23.4. The van der Waals surface area contributed by atoms with E-state index in [1.54, 1.807) is 6.20 Å². The molecule has 1 amide bonds. The minimum atomic E-state index is -0.909. The van der Waals surface area contributed by atoms with Gasteiger partial charge in [-0.15, -0.1) is 0 Å². The van der Waals surface area contributed by atoms with Gasteiger partial charge in [-0.2, -0.15) is 10.1 Å². The number of rotatable bonds is 2. The number of hydrogen-bond donors (Lipinski definition) is 1. The van der Waals surface area contributed by atoms with Gasteiger partial charge in [0.1, 0.15) is 5.65 Å². The van der Waals surface area contributed by atoms with E-state index < -0.39 is 11.8 Å². The summed E-state index contributed by atoms with van der Waals surface area (Å²) in [5.74, 6) is 0.379. The second-order valence-corrected chi connectivity index (χ2v) is 8.68. The van der Waals surface area contributed by atoms with Crippen LogP contribution < -0.4 is 10.6 Å². The Balaban J connectivity index is 1.55. The average molecular weight is 447 g/mol. The van der Waals surface area contributed by atoms with Crippen LogP contribution in [-0.2, 0) is 0 Å². The molecule has 0 aliphatic carbocycles. The molecule has 1 aliphatic rings. The molecule has 5 heterocycles. The molecule has 1 N–H and O–H groups in total. The molecule has 1 atom stereocenters. The molecule has 10 nitrogen and oxygen atoms in total. The average Bonchev–Trinajstić information content (AvgIpc) is 3.14. The van der Waals surface area contributed by atoms with Crippen molar-refractivity contribution in [2.45, 2.75) is 33.7 Å². The number of nitrogens with zero attached hydrogens (tertiary/aromatic N) is 7. The molecule has 10 heteroatoms. The number of aromatic nitrogens is 5. The topological polar surface area (TPSA) is 108 Å². The predicted molar refractivity (Wildman–Crippen MR) is 124 cm³/mol. The van der Waals surface area contributed by atoms with Crippen LogP contribution in [0.5, 0.6) is 0 Å². The van der Waals surface area contributed by atoms with Gasteiger partial charge < -0.3 is 14.9 Å². The number of fused-ring (bicyclic) bond motifs is 2. The Kier molecular flexibility index (Phi) is 4.80. The van der Waals surface area contributed by atoms with Crippen LogP contribution in [0.1, 0.15) is 23.9 Å². The van der Waals surface area contributed by atoms with E-state index in [4.69, 9.17) is 4.98 Å². The van der Waals surface area contributed by atoms with Gasteiger partial charge in [-0.3, -0.25) is 0 Å². The van der Waals surface area contributed by atoms with Gasteiger partial charge in [-0.25, -0.2) is 23.5 Å². The Bertz CT molecular complexity index is 1470. The van der Waals surface area contributed by atoms with Crippen molar-refractivity contribution in [1.29, 1.82) is 0 Å². The van der Waals surface area contributed by atoms with E-state index in [1.165, 1.54) is 9.30 Å². The van der Waals surface area contributed by atoms with Gasteiger partial charge in [-0.1, -0.05) is 0 Å². The smallest absolute Gasteiger partial charge is 0.407 e. The van der Waals surface area contributed by atoms with Gasteiger partial charge in [0, 0.05) is 43.1 Å². The number of piperazine rings is 1. The van der Waals surface area contributed by atoms with Gasteiger partial charge in [0.15, 0.2) is 5.82 Å². The monoisotopic (exact) mass is 447 g/mol.